The molecule has 22 heavy (non-hydrogen) atoms. The molecule has 1 atom stereocenters. The Morgan fingerprint density at radius 2 is 1.95 bits per heavy atom. The van der Waals surface area contributed by atoms with Gasteiger partial charge in [-0.3, -0.25) is 0 Å². The molecule has 0 aliphatic carbocycles. The van der Waals surface area contributed by atoms with Crippen LogP contribution in [0.4, 0.5) is 0 Å². The number of allylic oxidation sites excluding steroid dienone is 1. The van der Waals surface area contributed by atoms with Crippen molar-refractivity contribution in [1.82, 2.24) is 0 Å². The van der Waals surface area contributed by atoms with Gasteiger partial charge in [-0.2, -0.15) is 4.40 Å². The van der Waals surface area contributed by atoms with Crippen LogP contribution in [0.25, 0.3) is 0 Å². The van der Waals surface area contributed by atoms with Crippen LogP contribution in [0.2, 0.25) is 0 Å². The molecule has 0 aliphatic rings. The number of esters is 1. The summed E-state index contributed by atoms with van der Waals surface area (Å²) >= 11 is 0. The second-order valence-corrected chi connectivity index (χ2v) is 6.73. The van der Waals surface area contributed by atoms with Crippen LogP contribution in [-0.4, -0.2) is 36.0 Å². The molecule has 0 fully saturated rings. The first-order chi connectivity index (χ1) is 10.2. The van der Waals surface area contributed by atoms with Crippen molar-refractivity contribution in [1.29, 1.82) is 0 Å². The molecule has 0 saturated heterocycles. The largest absolute Gasteiger partial charge is 0.497 e. The van der Waals surface area contributed by atoms with E-state index in [1.54, 1.807) is 32.0 Å². The molecule has 1 rings (SSSR count). The highest BCUT2D eigenvalue weighted by atomic mass is 32.2. The standard InChI is InChI=1S/C16H21NO4S/c1-11-7-8-14(20-4)10-15(11)22(6,19)17-13(3)9-12(2)16(18)21-5/h7-10H,6H2,1-5H3/b12-9+,17-13?. The van der Waals surface area contributed by atoms with Gasteiger partial charge in [0.15, 0.2) is 0 Å². The first-order valence-corrected chi connectivity index (χ1v) is 8.24. The Bertz CT molecular complexity index is 731. The summed E-state index contributed by atoms with van der Waals surface area (Å²) in [5.41, 5.74) is 1.62. The Labute approximate surface area is 131 Å². The fourth-order valence-electron chi connectivity index (χ4n) is 1.89. The molecular formula is C16H21NO4S. The quantitative estimate of drug-likeness (QED) is 0.361. The summed E-state index contributed by atoms with van der Waals surface area (Å²) in [5.74, 6) is 3.86. The zero-order chi connectivity index (χ0) is 16.9. The number of aryl methyl sites for hydroxylation is 1. The molecule has 0 spiro atoms. The van der Waals surface area contributed by atoms with E-state index >= 15 is 0 Å². The van der Waals surface area contributed by atoms with Crippen molar-refractivity contribution in [3.05, 3.63) is 35.4 Å². The van der Waals surface area contributed by atoms with Crippen molar-refractivity contribution in [3.8, 4) is 5.75 Å². The summed E-state index contributed by atoms with van der Waals surface area (Å²) in [5, 5.41) is 0. The van der Waals surface area contributed by atoms with Crippen molar-refractivity contribution in [2.45, 2.75) is 25.7 Å². The normalized spacial score (nSPS) is 15.1. The molecule has 0 saturated carbocycles. The highest BCUT2D eigenvalue weighted by Gasteiger charge is 2.12. The number of carbonyl (C=O) groups excluding carboxylic acids is 1. The molecule has 1 unspecified atom stereocenters. The third-order valence-electron chi connectivity index (χ3n) is 2.96. The zero-order valence-corrected chi connectivity index (χ0v) is 14.3. The fraction of sp³-hybridized carbons (Fsp3) is 0.312. The van der Waals surface area contributed by atoms with Crippen molar-refractivity contribution >= 4 is 27.3 Å². The fourth-order valence-corrected chi connectivity index (χ4v) is 3.38. The minimum atomic E-state index is -2.89. The first kappa shape index (κ1) is 18.0. The maximum atomic E-state index is 12.8. The van der Waals surface area contributed by atoms with E-state index in [1.165, 1.54) is 20.3 Å². The zero-order valence-electron chi connectivity index (χ0n) is 13.5. The second kappa shape index (κ2) is 7.26. The smallest absolute Gasteiger partial charge is 0.333 e. The van der Waals surface area contributed by atoms with Crippen LogP contribution >= 0.6 is 0 Å². The lowest BCUT2D eigenvalue weighted by Gasteiger charge is -2.10. The minimum absolute atomic E-state index is 0.376. The van der Waals surface area contributed by atoms with Gasteiger partial charge < -0.3 is 9.47 Å². The predicted octanol–water partition coefficient (Wildman–Crippen LogP) is 2.57. The van der Waals surface area contributed by atoms with E-state index in [0.29, 0.717) is 21.9 Å². The lowest BCUT2D eigenvalue weighted by Crippen LogP contribution is -2.06. The third kappa shape index (κ3) is 4.46. The van der Waals surface area contributed by atoms with E-state index in [9.17, 15) is 9.00 Å². The van der Waals surface area contributed by atoms with Crippen LogP contribution in [-0.2, 0) is 19.2 Å². The van der Waals surface area contributed by atoms with Crippen LogP contribution < -0.4 is 4.74 Å². The topological polar surface area (TPSA) is 65.0 Å². The molecule has 0 aliphatic heterocycles. The van der Waals surface area contributed by atoms with Gasteiger partial charge in [0.05, 0.1) is 28.8 Å². The lowest BCUT2D eigenvalue weighted by molar-refractivity contribution is -0.136. The number of hydrogen-bond donors (Lipinski definition) is 0. The van der Waals surface area contributed by atoms with Gasteiger partial charge in [-0.05, 0) is 50.4 Å². The van der Waals surface area contributed by atoms with Gasteiger partial charge in [0, 0.05) is 11.3 Å². The SMILES string of the molecule is C=S(=O)(N=C(C)/C=C(\C)C(=O)OC)c1cc(OC)ccc1C. The molecule has 0 radical (unpaired) electrons. The molecule has 6 heteroatoms. The number of ether oxygens (including phenoxy) is 2. The monoisotopic (exact) mass is 323 g/mol. The van der Waals surface area contributed by atoms with E-state index in [4.69, 9.17) is 4.74 Å². The molecule has 0 N–H and O–H groups in total. The number of nitrogens with zero attached hydrogens (tertiary/aromatic N) is 1. The highest BCUT2D eigenvalue weighted by Crippen LogP contribution is 2.23. The van der Waals surface area contributed by atoms with Gasteiger partial charge in [-0.1, -0.05) is 6.07 Å². The van der Waals surface area contributed by atoms with Crippen molar-refractivity contribution in [3.63, 3.8) is 0 Å². The molecule has 5 nitrogen and oxygen atoms in total. The number of carbonyl (C=O) groups is 1. The van der Waals surface area contributed by atoms with Crippen LogP contribution in [0.3, 0.4) is 0 Å². The molecule has 1 aromatic rings. The number of methoxy groups -OCH3 is 2. The van der Waals surface area contributed by atoms with Crippen LogP contribution in [0.5, 0.6) is 5.75 Å². The Hall–Kier alpha value is -2.08. The summed E-state index contributed by atoms with van der Waals surface area (Å²) in [6.07, 6.45) is 1.52. The number of benzene rings is 1. The van der Waals surface area contributed by atoms with Crippen molar-refractivity contribution in [2.24, 2.45) is 4.40 Å². The highest BCUT2D eigenvalue weighted by molar-refractivity contribution is 7.99. The third-order valence-corrected chi connectivity index (χ3v) is 4.67. The van der Waals surface area contributed by atoms with E-state index in [2.05, 4.69) is 15.0 Å². The van der Waals surface area contributed by atoms with Gasteiger partial charge in [0.1, 0.15) is 5.75 Å². The predicted molar refractivity (Wildman–Crippen MR) is 90.1 cm³/mol. The Morgan fingerprint density at radius 3 is 2.50 bits per heavy atom. The van der Waals surface area contributed by atoms with Crippen LogP contribution in [0, 0.1) is 6.92 Å². The van der Waals surface area contributed by atoms with Crippen molar-refractivity contribution < 1.29 is 18.5 Å². The molecule has 1 aromatic carbocycles. The number of hydrogen-bond acceptors (Lipinski definition) is 4. The summed E-state index contributed by atoms with van der Waals surface area (Å²) in [4.78, 5) is 11.9. The summed E-state index contributed by atoms with van der Waals surface area (Å²) in [6.45, 7) is 5.10. The van der Waals surface area contributed by atoms with Gasteiger partial charge in [0.25, 0.3) is 0 Å². The maximum Gasteiger partial charge on any atom is 0.333 e. The van der Waals surface area contributed by atoms with E-state index in [1.807, 2.05) is 6.92 Å². The summed E-state index contributed by atoms with van der Waals surface area (Å²) < 4.78 is 26.7. The van der Waals surface area contributed by atoms with Crippen LogP contribution in [0.15, 0.2) is 39.1 Å². The van der Waals surface area contributed by atoms with Gasteiger partial charge in [0.2, 0.25) is 0 Å². The molecule has 120 valence electrons. The second-order valence-electron chi connectivity index (χ2n) is 4.82. The average molecular weight is 323 g/mol. The Kier molecular flexibility index (Phi) is 5.93. The summed E-state index contributed by atoms with van der Waals surface area (Å²) in [6, 6.07) is 5.25. The lowest BCUT2D eigenvalue weighted by atomic mass is 10.2. The molecule has 0 heterocycles. The van der Waals surface area contributed by atoms with Gasteiger partial charge >= 0.3 is 5.97 Å². The van der Waals surface area contributed by atoms with Crippen LogP contribution in [0.1, 0.15) is 19.4 Å². The number of rotatable bonds is 5. The molecule has 0 aromatic heterocycles. The Morgan fingerprint density at radius 1 is 1.32 bits per heavy atom. The molecule has 0 amide bonds. The summed E-state index contributed by atoms with van der Waals surface area (Å²) in [7, 11) is -0.0497. The van der Waals surface area contributed by atoms with E-state index < -0.39 is 15.7 Å². The van der Waals surface area contributed by atoms with Crippen molar-refractivity contribution in [2.75, 3.05) is 14.2 Å². The van der Waals surface area contributed by atoms with E-state index in [-0.39, 0.29) is 0 Å². The van der Waals surface area contributed by atoms with Gasteiger partial charge in [-0.15, -0.1) is 0 Å². The molecular weight excluding hydrogens is 302 g/mol. The first-order valence-electron chi connectivity index (χ1n) is 6.56. The minimum Gasteiger partial charge on any atom is -0.497 e. The molecule has 0 bridgehead atoms. The van der Waals surface area contributed by atoms with Gasteiger partial charge in [-0.25, -0.2) is 9.00 Å². The average Bonchev–Trinajstić information content (AvgIpc) is 2.45. The maximum absolute atomic E-state index is 12.8. The Balaban J connectivity index is 3.25. The van der Waals surface area contributed by atoms with E-state index in [0.717, 1.165) is 5.56 Å².